The van der Waals surface area contributed by atoms with Crippen molar-refractivity contribution in [2.45, 2.75) is 41.4 Å². The van der Waals surface area contributed by atoms with E-state index in [-0.39, 0.29) is 5.92 Å². The van der Waals surface area contributed by atoms with Gasteiger partial charge >= 0.3 is 0 Å². The van der Waals surface area contributed by atoms with Gasteiger partial charge in [0, 0.05) is 26.7 Å². The van der Waals surface area contributed by atoms with Crippen molar-refractivity contribution in [1.82, 2.24) is 9.97 Å². The largest absolute Gasteiger partial charge is 0.232 e. The van der Waals surface area contributed by atoms with E-state index in [1.807, 2.05) is 18.7 Å². The van der Waals surface area contributed by atoms with E-state index >= 15 is 0 Å². The van der Waals surface area contributed by atoms with E-state index in [1.165, 1.54) is 64.7 Å². The molecule has 1 aliphatic heterocycles. The van der Waals surface area contributed by atoms with Crippen molar-refractivity contribution in [1.29, 1.82) is 0 Å². The second kappa shape index (κ2) is 11.9. The topological polar surface area (TPSA) is 25.8 Å². The Morgan fingerprint density at radius 2 is 1.25 bits per heavy atom. The second-order valence-corrected chi connectivity index (χ2v) is 15.2. The highest BCUT2D eigenvalue weighted by Gasteiger charge is 2.51. The first-order chi connectivity index (χ1) is 25.6. The van der Waals surface area contributed by atoms with Gasteiger partial charge in [0.1, 0.15) is 5.82 Å². The van der Waals surface area contributed by atoms with E-state index < -0.39 is 5.41 Å². The van der Waals surface area contributed by atoms with Crippen LogP contribution in [0.25, 0.3) is 54.8 Å². The molecule has 0 amide bonds. The van der Waals surface area contributed by atoms with Crippen LogP contribution < -0.4 is 0 Å². The molecule has 1 aromatic heterocycles. The minimum absolute atomic E-state index is 0.0934. The summed E-state index contributed by atoms with van der Waals surface area (Å²) in [7, 11) is 0. The molecule has 2 heterocycles. The highest BCUT2D eigenvalue weighted by molar-refractivity contribution is 8.00. The minimum Gasteiger partial charge on any atom is -0.232 e. The second-order valence-electron chi connectivity index (χ2n) is 14.2. The maximum atomic E-state index is 5.35. The fraction of sp³-hybridized carbons (Fsp3) is 0.102. The molecule has 10 rings (SSSR count). The Morgan fingerprint density at radius 1 is 0.654 bits per heavy atom. The van der Waals surface area contributed by atoms with Crippen molar-refractivity contribution in [3.63, 3.8) is 0 Å². The van der Waals surface area contributed by atoms with Gasteiger partial charge in [-0.1, -0.05) is 170 Å². The van der Waals surface area contributed by atoms with Gasteiger partial charge in [-0.15, -0.1) is 0 Å². The molecule has 0 fully saturated rings. The molecule has 0 saturated carbocycles. The Bertz CT molecular complexity index is 2720. The molecule has 2 nitrogen and oxygen atoms in total. The molecule has 2 aliphatic rings. The van der Waals surface area contributed by atoms with Crippen LogP contribution in [0.3, 0.4) is 0 Å². The van der Waals surface area contributed by atoms with Gasteiger partial charge in [0.15, 0.2) is 0 Å². The summed E-state index contributed by atoms with van der Waals surface area (Å²) >= 11 is 1.94. The summed E-state index contributed by atoms with van der Waals surface area (Å²) in [5, 5.41) is 6.20. The molecule has 0 saturated heterocycles. The third kappa shape index (κ3) is 4.45. The molecule has 52 heavy (non-hydrogen) atoms. The van der Waals surface area contributed by atoms with Crippen molar-refractivity contribution in [2.24, 2.45) is 0 Å². The highest BCUT2D eigenvalue weighted by Crippen LogP contribution is 2.64. The van der Waals surface area contributed by atoms with E-state index in [1.54, 1.807) is 0 Å². The van der Waals surface area contributed by atoms with E-state index in [0.717, 1.165) is 40.0 Å². The first kappa shape index (κ1) is 31.0. The average Bonchev–Trinajstić information content (AvgIpc) is 3.47. The van der Waals surface area contributed by atoms with Crippen LogP contribution in [0.15, 0.2) is 174 Å². The van der Waals surface area contributed by atoms with Gasteiger partial charge in [-0.3, -0.25) is 0 Å². The molecule has 0 N–H and O–H groups in total. The van der Waals surface area contributed by atoms with Crippen LogP contribution in [0, 0.1) is 0 Å². The van der Waals surface area contributed by atoms with Crippen LogP contribution in [0.5, 0.6) is 0 Å². The summed E-state index contributed by atoms with van der Waals surface area (Å²) in [6, 6.07) is 51.7. The Hall–Kier alpha value is -5.77. The number of nitrogens with zero attached hydrogens (tertiary/aromatic N) is 2. The summed E-state index contributed by atoms with van der Waals surface area (Å²) in [6.07, 6.45) is 5.19. The van der Waals surface area contributed by atoms with Crippen LogP contribution in [-0.4, -0.2) is 9.97 Å². The maximum absolute atomic E-state index is 5.35. The number of aromatic nitrogens is 2. The SMILES string of the molecule is C=C(C)/C=C\C(CC)c1nc(-c2ccc3c(c2)-c2ccccc2C32c3ccc4ccccc4c3Sc3c2ccc2ccccc32)c2ccccc2n1. The quantitative estimate of drug-likeness (QED) is 0.169. The smallest absolute Gasteiger partial charge is 0.136 e. The normalized spacial score (nSPS) is 14.4. The van der Waals surface area contributed by atoms with Crippen molar-refractivity contribution >= 4 is 44.2 Å². The zero-order valence-electron chi connectivity index (χ0n) is 29.2. The number of hydrogen-bond donors (Lipinski definition) is 0. The van der Waals surface area contributed by atoms with Gasteiger partial charge in [-0.2, -0.15) is 0 Å². The molecule has 3 heteroatoms. The summed E-state index contributed by atoms with van der Waals surface area (Å²) in [4.78, 5) is 13.1. The maximum Gasteiger partial charge on any atom is 0.136 e. The Balaban J connectivity index is 1.27. The Kier molecular flexibility index (Phi) is 7.10. The number of allylic oxidation sites excluding steroid dienone is 3. The summed E-state index contributed by atoms with van der Waals surface area (Å²) in [6.45, 7) is 8.31. The van der Waals surface area contributed by atoms with Gasteiger partial charge in [0.25, 0.3) is 0 Å². The third-order valence-electron chi connectivity index (χ3n) is 11.1. The van der Waals surface area contributed by atoms with Gasteiger partial charge in [-0.05, 0) is 80.4 Å². The predicted molar refractivity (Wildman–Crippen MR) is 218 cm³/mol. The first-order valence-corrected chi connectivity index (χ1v) is 19.0. The van der Waals surface area contributed by atoms with Crippen LogP contribution in [0.1, 0.15) is 54.3 Å². The summed E-state index contributed by atoms with van der Waals surface area (Å²) in [5.41, 5.74) is 11.5. The Labute approximate surface area is 308 Å². The molecule has 1 spiro atoms. The molecule has 8 aromatic rings. The van der Waals surface area contributed by atoms with Crippen LogP contribution in [0.2, 0.25) is 0 Å². The molecule has 1 unspecified atom stereocenters. The van der Waals surface area contributed by atoms with E-state index in [0.29, 0.717) is 0 Å². The van der Waals surface area contributed by atoms with E-state index in [2.05, 4.69) is 165 Å². The van der Waals surface area contributed by atoms with Crippen molar-refractivity contribution < 1.29 is 0 Å². The van der Waals surface area contributed by atoms with Crippen LogP contribution >= 0.6 is 11.8 Å². The monoisotopic (exact) mass is 684 g/mol. The Morgan fingerprint density at radius 3 is 1.94 bits per heavy atom. The lowest BCUT2D eigenvalue weighted by atomic mass is 9.66. The van der Waals surface area contributed by atoms with Gasteiger partial charge < -0.3 is 0 Å². The number of hydrogen-bond acceptors (Lipinski definition) is 3. The molecule has 1 aliphatic carbocycles. The van der Waals surface area contributed by atoms with Crippen molar-refractivity contribution in [3.05, 3.63) is 192 Å². The lowest BCUT2D eigenvalue weighted by molar-refractivity contribution is 0.729. The third-order valence-corrected chi connectivity index (χ3v) is 12.4. The van der Waals surface area contributed by atoms with Gasteiger partial charge in [0.2, 0.25) is 0 Å². The summed E-state index contributed by atoms with van der Waals surface area (Å²) in [5.74, 6) is 0.938. The molecule has 248 valence electrons. The molecular formula is C49H36N2S. The fourth-order valence-corrected chi connectivity index (χ4v) is 10.2. The number of benzene rings is 7. The molecule has 7 aromatic carbocycles. The number of para-hydroxylation sites is 1. The van der Waals surface area contributed by atoms with E-state index in [4.69, 9.17) is 9.97 Å². The van der Waals surface area contributed by atoms with Gasteiger partial charge in [0.05, 0.1) is 16.6 Å². The molecule has 0 radical (unpaired) electrons. The fourth-order valence-electron chi connectivity index (χ4n) is 8.72. The van der Waals surface area contributed by atoms with Gasteiger partial charge in [-0.25, -0.2) is 9.97 Å². The molecule has 1 atom stereocenters. The molecular weight excluding hydrogens is 649 g/mol. The lowest BCUT2D eigenvalue weighted by Crippen LogP contribution is -2.32. The zero-order chi connectivity index (χ0) is 35.0. The number of fused-ring (bicyclic) bond motifs is 14. The first-order valence-electron chi connectivity index (χ1n) is 18.1. The van der Waals surface area contributed by atoms with Crippen LogP contribution in [-0.2, 0) is 5.41 Å². The van der Waals surface area contributed by atoms with Crippen molar-refractivity contribution in [3.8, 4) is 22.4 Å². The summed E-state index contributed by atoms with van der Waals surface area (Å²) < 4.78 is 0. The number of rotatable bonds is 5. The molecule has 0 bridgehead atoms. The van der Waals surface area contributed by atoms with E-state index in [9.17, 15) is 0 Å². The van der Waals surface area contributed by atoms with Crippen LogP contribution in [0.4, 0.5) is 0 Å². The highest BCUT2D eigenvalue weighted by atomic mass is 32.2. The average molecular weight is 685 g/mol. The minimum atomic E-state index is -0.478. The standard InChI is InChI=1S/C49H36N2S/c1-4-31(22-21-30(2)3)48-50-44-20-12-10-18-38(44)45(51-48)34-25-26-41-39(29-34)37-17-9-11-19-40(37)49(41)42-27-23-32-13-5-7-15-35(32)46(42)52-47-36-16-8-6-14-33(36)24-28-43(47)49/h5-29,31H,2,4H2,1,3H3/b22-21-. The lowest BCUT2D eigenvalue weighted by Gasteiger charge is -2.40. The zero-order valence-corrected chi connectivity index (χ0v) is 30.0. The van der Waals surface area contributed by atoms with Crippen molar-refractivity contribution in [2.75, 3.05) is 0 Å². The predicted octanol–water partition coefficient (Wildman–Crippen LogP) is 13.1.